The SMILES string of the molecule is COCOc1ccc(Oc2cccc3c(CCNC(=O)c4ccc(OCOC)cc4)c[nH]c23)cc1. The molecule has 0 saturated heterocycles. The molecule has 0 aliphatic heterocycles. The van der Waals surface area contributed by atoms with E-state index in [0.717, 1.165) is 22.2 Å². The van der Waals surface area contributed by atoms with Crippen LogP contribution in [0.2, 0.25) is 0 Å². The lowest BCUT2D eigenvalue weighted by atomic mass is 10.1. The van der Waals surface area contributed by atoms with Crippen LogP contribution in [-0.2, 0) is 15.9 Å². The summed E-state index contributed by atoms with van der Waals surface area (Å²) in [5.74, 6) is 2.64. The maximum Gasteiger partial charge on any atom is 0.251 e. The molecule has 2 N–H and O–H groups in total. The fourth-order valence-electron chi connectivity index (χ4n) is 3.58. The predicted octanol–water partition coefficient (Wildman–Crippen LogP) is 4.90. The lowest BCUT2D eigenvalue weighted by molar-refractivity contribution is 0.0509. The zero-order valence-corrected chi connectivity index (χ0v) is 19.7. The van der Waals surface area contributed by atoms with Gasteiger partial charge in [-0.3, -0.25) is 4.79 Å². The Bertz CT molecular complexity index is 1240. The molecule has 0 aliphatic carbocycles. The summed E-state index contributed by atoms with van der Waals surface area (Å²) in [4.78, 5) is 15.8. The molecule has 4 aromatic rings. The van der Waals surface area contributed by atoms with Gasteiger partial charge in [-0.25, -0.2) is 0 Å². The second-order valence-corrected chi connectivity index (χ2v) is 7.70. The van der Waals surface area contributed by atoms with Gasteiger partial charge < -0.3 is 34.0 Å². The zero-order chi connectivity index (χ0) is 24.5. The normalized spacial score (nSPS) is 10.8. The number of methoxy groups -OCH3 is 2. The molecule has 0 atom stereocenters. The monoisotopic (exact) mass is 476 g/mol. The number of carbonyl (C=O) groups is 1. The van der Waals surface area contributed by atoms with E-state index in [-0.39, 0.29) is 19.5 Å². The van der Waals surface area contributed by atoms with Gasteiger partial charge >= 0.3 is 0 Å². The molecule has 0 spiro atoms. The second-order valence-electron chi connectivity index (χ2n) is 7.70. The fourth-order valence-corrected chi connectivity index (χ4v) is 3.58. The van der Waals surface area contributed by atoms with Crippen molar-refractivity contribution in [3.63, 3.8) is 0 Å². The predicted molar refractivity (Wildman–Crippen MR) is 132 cm³/mol. The standard InChI is InChI=1S/C27H28N2O6/c1-31-17-33-21-8-6-19(7-9-21)27(30)28-15-14-20-16-29-26-24(20)4-3-5-25(26)35-23-12-10-22(11-13-23)34-18-32-2/h3-13,16,29H,14-15,17-18H2,1-2H3,(H,28,30). The Morgan fingerprint density at radius 3 is 2.11 bits per heavy atom. The van der Waals surface area contributed by atoms with Crippen LogP contribution in [0, 0.1) is 0 Å². The van der Waals surface area contributed by atoms with Crippen molar-refractivity contribution in [2.24, 2.45) is 0 Å². The van der Waals surface area contributed by atoms with E-state index in [0.29, 0.717) is 35.8 Å². The summed E-state index contributed by atoms with van der Waals surface area (Å²) in [5.41, 5.74) is 2.57. The lowest BCUT2D eigenvalue weighted by Crippen LogP contribution is -2.25. The average molecular weight is 477 g/mol. The molecule has 0 fully saturated rings. The van der Waals surface area contributed by atoms with E-state index < -0.39 is 0 Å². The molecule has 4 rings (SSSR count). The van der Waals surface area contributed by atoms with E-state index in [1.807, 2.05) is 48.7 Å². The molecule has 8 nitrogen and oxygen atoms in total. The van der Waals surface area contributed by atoms with Crippen LogP contribution in [0.1, 0.15) is 15.9 Å². The van der Waals surface area contributed by atoms with Gasteiger partial charge in [-0.05, 0) is 66.6 Å². The molecule has 0 saturated carbocycles. The summed E-state index contributed by atoms with van der Waals surface area (Å²) >= 11 is 0. The van der Waals surface area contributed by atoms with Gasteiger partial charge in [0.2, 0.25) is 0 Å². The van der Waals surface area contributed by atoms with E-state index in [9.17, 15) is 4.79 Å². The third kappa shape index (κ3) is 6.32. The highest BCUT2D eigenvalue weighted by Gasteiger charge is 2.11. The van der Waals surface area contributed by atoms with E-state index in [4.69, 9.17) is 23.7 Å². The first-order chi connectivity index (χ1) is 17.2. The highest BCUT2D eigenvalue weighted by atomic mass is 16.7. The molecule has 0 unspecified atom stereocenters. The topological polar surface area (TPSA) is 91.0 Å². The number of H-pyrrole nitrogens is 1. The summed E-state index contributed by atoms with van der Waals surface area (Å²) in [5, 5.41) is 4.02. The molecule has 1 heterocycles. The number of hydrogen-bond acceptors (Lipinski definition) is 6. The summed E-state index contributed by atoms with van der Waals surface area (Å²) in [7, 11) is 3.14. The molecule has 0 bridgehead atoms. The number of carbonyl (C=O) groups excluding carboxylic acids is 1. The number of amides is 1. The van der Waals surface area contributed by atoms with Crippen LogP contribution in [-0.4, -0.2) is 45.2 Å². The smallest absolute Gasteiger partial charge is 0.251 e. The minimum Gasteiger partial charge on any atom is -0.468 e. The van der Waals surface area contributed by atoms with Gasteiger partial charge in [0.05, 0.1) is 5.52 Å². The van der Waals surface area contributed by atoms with Crippen LogP contribution in [0.4, 0.5) is 0 Å². The highest BCUT2D eigenvalue weighted by molar-refractivity contribution is 5.94. The molecule has 182 valence electrons. The van der Waals surface area contributed by atoms with Crippen LogP contribution in [0.3, 0.4) is 0 Å². The minimum atomic E-state index is -0.134. The minimum absolute atomic E-state index is 0.134. The van der Waals surface area contributed by atoms with Crippen LogP contribution in [0.25, 0.3) is 10.9 Å². The van der Waals surface area contributed by atoms with Crippen LogP contribution >= 0.6 is 0 Å². The Labute approximate surface area is 203 Å². The highest BCUT2D eigenvalue weighted by Crippen LogP contribution is 2.31. The summed E-state index contributed by atoms with van der Waals surface area (Å²) in [6.07, 6.45) is 2.63. The Kier molecular flexibility index (Phi) is 8.21. The number of rotatable bonds is 12. The van der Waals surface area contributed by atoms with Gasteiger partial charge in [0, 0.05) is 37.9 Å². The number of hydrogen-bond donors (Lipinski definition) is 2. The molecule has 8 heteroatoms. The number of benzene rings is 3. The Morgan fingerprint density at radius 2 is 1.46 bits per heavy atom. The van der Waals surface area contributed by atoms with Crippen LogP contribution in [0.5, 0.6) is 23.0 Å². The molecular formula is C27H28N2O6. The summed E-state index contributed by atoms with van der Waals surface area (Å²) in [6.45, 7) is 0.863. The van der Waals surface area contributed by atoms with Gasteiger partial charge in [-0.15, -0.1) is 0 Å². The summed E-state index contributed by atoms with van der Waals surface area (Å²) < 4.78 is 26.6. The molecule has 1 aromatic heterocycles. The van der Waals surface area contributed by atoms with E-state index in [2.05, 4.69) is 10.3 Å². The number of para-hydroxylation sites is 1. The maximum atomic E-state index is 12.5. The van der Waals surface area contributed by atoms with Crippen molar-refractivity contribution in [2.45, 2.75) is 6.42 Å². The van der Waals surface area contributed by atoms with Gasteiger partial charge in [0.25, 0.3) is 5.91 Å². The van der Waals surface area contributed by atoms with Gasteiger partial charge in [0.1, 0.15) is 17.2 Å². The number of aromatic amines is 1. The second kappa shape index (κ2) is 11.9. The quantitative estimate of drug-likeness (QED) is 0.283. The lowest BCUT2D eigenvalue weighted by Gasteiger charge is -2.09. The molecule has 3 aromatic carbocycles. The Morgan fingerprint density at radius 1 is 0.829 bits per heavy atom. The van der Waals surface area contributed by atoms with Gasteiger partial charge in [-0.2, -0.15) is 0 Å². The zero-order valence-electron chi connectivity index (χ0n) is 19.7. The first-order valence-electron chi connectivity index (χ1n) is 11.2. The molecule has 1 amide bonds. The Balaban J connectivity index is 1.35. The first-order valence-corrected chi connectivity index (χ1v) is 11.2. The summed E-state index contributed by atoms with van der Waals surface area (Å²) in [6, 6.07) is 20.2. The van der Waals surface area contributed by atoms with Crippen molar-refractivity contribution in [3.05, 3.63) is 84.1 Å². The largest absolute Gasteiger partial charge is 0.468 e. The number of aromatic nitrogens is 1. The third-order valence-electron chi connectivity index (χ3n) is 5.30. The third-order valence-corrected chi connectivity index (χ3v) is 5.30. The van der Waals surface area contributed by atoms with E-state index in [1.165, 1.54) is 0 Å². The number of nitrogens with one attached hydrogen (secondary N) is 2. The van der Waals surface area contributed by atoms with E-state index in [1.54, 1.807) is 38.5 Å². The maximum absolute atomic E-state index is 12.5. The number of ether oxygens (including phenoxy) is 5. The fraction of sp³-hybridized carbons (Fsp3) is 0.222. The van der Waals surface area contributed by atoms with Crippen molar-refractivity contribution in [2.75, 3.05) is 34.4 Å². The average Bonchev–Trinajstić information content (AvgIpc) is 3.31. The van der Waals surface area contributed by atoms with Crippen LogP contribution < -0.4 is 19.5 Å². The molecule has 35 heavy (non-hydrogen) atoms. The Hall–Kier alpha value is -4.01. The van der Waals surface area contributed by atoms with Crippen molar-refractivity contribution in [1.82, 2.24) is 10.3 Å². The molecular weight excluding hydrogens is 448 g/mol. The molecule has 0 radical (unpaired) electrons. The van der Waals surface area contributed by atoms with Crippen molar-refractivity contribution in [3.8, 4) is 23.0 Å². The van der Waals surface area contributed by atoms with Crippen LogP contribution in [0.15, 0.2) is 72.9 Å². The van der Waals surface area contributed by atoms with E-state index >= 15 is 0 Å². The van der Waals surface area contributed by atoms with Crippen molar-refractivity contribution >= 4 is 16.8 Å². The van der Waals surface area contributed by atoms with Gasteiger partial charge in [-0.1, -0.05) is 12.1 Å². The number of fused-ring (bicyclic) bond motifs is 1. The van der Waals surface area contributed by atoms with Crippen molar-refractivity contribution in [1.29, 1.82) is 0 Å². The van der Waals surface area contributed by atoms with Gasteiger partial charge in [0.15, 0.2) is 19.3 Å². The first kappa shape index (κ1) is 24.1. The van der Waals surface area contributed by atoms with Crippen molar-refractivity contribution < 1.29 is 28.5 Å². The molecule has 0 aliphatic rings.